The van der Waals surface area contributed by atoms with Crippen LogP contribution in [0.1, 0.15) is 18.9 Å². The van der Waals surface area contributed by atoms with Crippen molar-refractivity contribution in [3.8, 4) is 0 Å². The minimum absolute atomic E-state index is 0.0970. The maximum atomic E-state index is 11.8. The lowest BCUT2D eigenvalue weighted by Gasteiger charge is -2.13. The zero-order chi connectivity index (χ0) is 13.7. The van der Waals surface area contributed by atoms with Crippen LogP contribution in [0.3, 0.4) is 0 Å². The molecular formula is C15H23N3O. The van der Waals surface area contributed by atoms with Crippen molar-refractivity contribution in [2.24, 2.45) is 5.92 Å². The van der Waals surface area contributed by atoms with Crippen molar-refractivity contribution in [3.63, 3.8) is 0 Å². The van der Waals surface area contributed by atoms with Gasteiger partial charge in [-0.15, -0.1) is 0 Å². The molecule has 1 aliphatic rings. The van der Waals surface area contributed by atoms with Gasteiger partial charge < -0.3 is 16.0 Å². The molecular weight excluding hydrogens is 238 g/mol. The standard InChI is InChI=1S/C15H23N3O/c1-2-18-8-7-13(11-18)10-17-15(19)9-12-3-5-14(16)6-4-12/h3-6,13H,2,7-11,16H2,1H3,(H,17,19). The summed E-state index contributed by atoms with van der Waals surface area (Å²) in [6, 6.07) is 7.48. The zero-order valence-electron chi connectivity index (χ0n) is 11.6. The Morgan fingerprint density at radius 1 is 1.42 bits per heavy atom. The van der Waals surface area contributed by atoms with Crippen molar-refractivity contribution in [1.29, 1.82) is 0 Å². The van der Waals surface area contributed by atoms with Gasteiger partial charge in [0, 0.05) is 18.8 Å². The molecule has 0 aromatic heterocycles. The number of nitrogen functional groups attached to an aromatic ring is 1. The molecule has 0 radical (unpaired) electrons. The molecule has 1 aliphatic heterocycles. The molecule has 0 saturated carbocycles. The average molecular weight is 261 g/mol. The average Bonchev–Trinajstić information content (AvgIpc) is 2.87. The molecule has 104 valence electrons. The Hall–Kier alpha value is -1.55. The number of carbonyl (C=O) groups is 1. The second kappa shape index (κ2) is 6.57. The van der Waals surface area contributed by atoms with Crippen LogP contribution in [0.4, 0.5) is 5.69 Å². The fourth-order valence-corrected chi connectivity index (χ4v) is 2.51. The molecule has 1 aromatic rings. The Morgan fingerprint density at radius 2 is 2.16 bits per heavy atom. The summed E-state index contributed by atoms with van der Waals surface area (Å²) in [6.07, 6.45) is 1.63. The largest absolute Gasteiger partial charge is 0.399 e. The summed E-state index contributed by atoms with van der Waals surface area (Å²) in [5, 5.41) is 3.04. The highest BCUT2D eigenvalue weighted by molar-refractivity contribution is 5.78. The minimum Gasteiger partial charge on any atom is -0.399 e. The van der Waals surface area contributed by atoms with Gasteiger partial charge in [0.05, 0.1) is 6.42 Å². The van der Waals surface area contributed by atoms with Crippen LogP contribution in [0.2, 0.25) is 0 Å². The van der Waals surface area contributed by atoms with E-state index in [2.05, 4.69) is 17.1 Å². The smallest absolute Gasteiger partial charge is 0.224 e. The predicted octanol–water partition coefficient (Wildman–Crippen LogP) is 1.27. The van der Waals surface area contributed by atoms with E-state index in [1.807, 2.05) is 24.3 Å². The van der Waals surface area contributed by atoms with Crippen molar-refractivity contribution in [2.75, 3.05) is 31.9 Å². The number of likely N-dealkylation sites (tertiary alicyclic amines) is 1. The van der Waals surface area contributed by atoms with Crippen LogP contribution in [-0.4, -0.2) is 37.0 Å². The SMILES string of the molecule is CCN1CCC(CNC(=O)Cc2ccc(N)cc2)C1. The van der Waals surface area contributed by atoms with Crippen molar-refractivity contribution in [1.82, 2.24) is 10.2 Å². The van der Waals surface area contributed by atoms with Gasteiger partial charge in [0.15, 0.2) is 0 Å². The number of anilines is 1. The number of benzene rings is 1. The van der Waals surface area contributed by atoms with Gasteiger partial charge in [0.25, 0.3) is 0 Å². The molecule has 0 bridgehead atoms. The van der Waals surface area contributed by atoms with E-state index in [9.17, 15) is 4.79 Å². The highest BCUT2D eigenvalue weighted by Gasteiger charge is 2.21. The van der Waals surface area contributed by atoms with Gasteiger partial charge in [0.1, 0.15) is 0 Å². The number of carbonyl (C=O) groups excluding carboxylic acids is 1. The quantitative estimate of drug-likeness (QED) is 0.785. The monoisotopic (exact) mass is 261 g/mol. The summed E-state index contributed by atoms with van der Waals surface area (Å²) in [4.78, 5) is 14.3. The highest BCUT2D eigenvalue weighted by Crippen LogP contribution is 2.14. The molecule has 1 amide bonds. The summed E-state index contributed by atoms with van der Waals surface area (Å²) in [7, 11) is 0. The zero-order valence-corrected chi connectivity index (χ0v) is 11.6. The lowest BCUT2D eigenvalue weighted by Crippen LogP contribution is -2.32. The number of nitrogens with two attached hydrogens (primary N) is 1. The number of hydrogen-bond acceptors (Lipinski definition) is 3. The lowest BCUT2D eigenvalue weighted by atomic mass is 10.1. The molecule has 0 aliphatic carbocycles. The molecule has 4 nitrogen and oxygen atoms in total. The Morgan fingerprint density at radius 3 is 2.79 bits per heavy atom. The predicted molar refractivity (Wildman–Crippen MR) is 77.8 cm³/mol. The summed E-state index contributed by atoms with van der Waals surface area (Å²) in [5.74, 6) is 0.704. The minimum atomic E-state index is 0.0970. The van der Waals surface area contributed by atoms with Crippen LogP contribution in [0.5, 0.6) is 0 Å². The fourth-order valence-electron chi connectivity index (χ4n) is 2.51. The third-order valence-corrected chi connectivity index (χ3v) is 3.75. The number of hydrogen-bond donors (Lipinski definition) is 2. The van der Waals surface area contributed by atoms with Crippen LogP contribution in [-0.2, 0) is 11.2 Å². The van der Waals surface area contributed by atoms with Crippen LogP contribution >= 0.6 is 0 Å². The van der Waals surface area contributed by atoms with Crippen molar-refractivity contribution in [3.05, 3.63) is 29.8 Å². The van der Waals surface area contributed by atoms with Gasteiger partial charge in [-0.1, -0.05) is 19.1 Å². The van der Waals surface area contributed by atoms with E-state index >= 15 is 0 Å². The van der Waals surface area contributed by atoms with E-state index in [4.69, 9.17) is 5.73 Å². The molecule has 1 unspecified atom stereocenters. The Balaban J connectivity index is 1.71. The second-order valence-electron chi connectivity index (χ2n) is 5.27. The molecule has 19 heavy (non-hydrogen) atoms. The highest BCUT2D eigenvalue weighted by atomic mass is 16.1. The molecule has 1 heterocycles. The van der Waals surface area contributed by atoms with Crippen LogP contribution in [0, 0.1) is 5.92 Å². The van der Waals surface area contributed by atoms with Gasteiger partial charge in [-0.05, 0) is 43.1 Å². The molecule has 0 spiro atoms. The number of nitrogens with zero attached hydrogens (tertiary/aromatic N) is 1. The summed E-state index contributed by atoms with van der Waals surface area (Å²) >= 11 is 0. The third-order valence-electron chi connectivity index (χ3n) is 3.75. The van der Waals surface area contributed by atoms with Crippen LogP contribution in [0.15, 0.2) is 24.3 Å². The first-order valence-electron chi connectivity index (χ1n) is 7.01. The topological polar surface area (TPSA) is 58.4 Å². The van der Waals surface area contributed by atoms with E-state index in [0.29, 0.717) is 12.3 Å². The molecule has 3 N–H and O–H groups in total. The summed E-state index contributed by atoms with van der Waals surface area (Å²) in [6.45, 7) is 6.36. The van der Waals surface area contributed by atoms with Crippen molar-refractivity contribution in [2.45, 2.75) is 19.8 Å². The van der Waals surface area contributed by atoms with Gasteiger partial charge in [-0.2, -0.15) is 0 Å². The summed E-state index contributed by atoms with van der Waals surface area (Å²) < 4.78 is 0. The molecule has 4 heteroatoms. The molecule has 2 rings (SSSR count). The molecule has 1 saturated heterocycles. The molecule has 1 fully saturated rings. The Labute approximate surface area is 115 Å². The van der Waals surface area contributed by atoms with Crippen LogP contribution in [0.25, 0.3) is 0 Å². The molecule has 1 aromatic carbocycles. The van der Waals surface area contributed by atoms with Gasteiger partial charge >= 0.3 is 0 Å². The number of nitrogens with one attached hydrogen (secondary N) is 1. The van der Waals surface area contributed by atoms with Crippen LogP contribution < -0.4 is 11.1 Å². The van der Waals surface area contributed by atoms with E-state index in [-0.39, 0.29) is 5.91 Å². The van der Waals surface area contributed by atoms with Gasteiger partial charge in [-0.3, -0.25) is 4.79 Å². The van der Waals surface area contributed by atoms with Crippen molar-refractivity contribution >= 4 is 11.6 Å². The normalized spacial score (nSPS) is 19.5. The van der Waals surface area contributed by atoms with E-state index in [0.717, 1.165) is 37.4 Å². The first kappa shape index (κ1) is 13.9. The van der Waals surface area contributed by atoms with Gasteiger partial charge in [0.2, 0.25) is 5.91 Å². The van der Waals surface area contributed by atoms with E-state index < -0.39 is 0 Å². The molecule has 1 atom stereocenters. The maximum Gasteiger partial charge on any atom is 0.224 e. The Kier molecular flexibility index (Phi) is 4.80. The Bertz CT molecular complexity index is 416. The van der Waals surface area contributed by atoms with E-state index in [1.54, 1.807) is 0 Å². The fraction of sp³-hybridized carbons (Fsp3) is 0.533. The maximum absolute atomic E-state index is 11.8. The third kappa shape index (κ3) is 4.24. The lowest BCUT2D eigenvalue weighted by molar-refractivity contribution is -0.120. The second-order valence-corrected chi connectivity index (χ2v) is 5.27. The first-order chi connectivity index (χ1) is 9.17. The first-order valence-corrected chi connectivity index (χ1v) is 7.01. The van der Waals surface area contributed by atoms with Gasteiger partial charge in [-0.25, -0.2) is 0 Å². The number of amides is 1. The van der Waals surface area contributed by atoms with E-state index in [1.165, 1.54) is 6.42 Å². The summed E-state index contributed by atoms with van der Waals surface area (Å²) in [5.41, 5.74) is 7.36. The number of rotatable bonds is 5. The van der Waals surface area contributed by atoms with Crippen molar-refractivity contribution < 1.29 is 4.79 Å².